The number of piperidine rings is 1. The molecule has 1 fully saturated rings. The van der Waals surface area contributed by atoms with Crippen molar-refractivity contribution in [2.45, 2.75) is 31.8 Å². The summed E-state index contributed by atoms with van der Waals surface area (Å²) in [5.41, 5.74) is 8.30. The number of amides is 1. The van der Waals surface area contributed by atoms with Crippen molar-refractivity contribution in [3.63, 3.8) is 0 Å². The average Bonchev–Trinajstić information content (AvgIpc) is 3.17. The third-order valence-corrected chi connectivity index (χ3v) is 6.14. The van der Waals surface area contributed by atoms with Crippen molar-refractivity contribution < 1.29 is 18.3 Å². The number of likely N-dealkylation sites (tertiary alicyclic amines) is 1. The van der Waals surface area contributed by atoms with Crippen LogP contribution >= 0.6 is 12.4 Å². The molecule has 1 saturated heterocycles. The van der Waals surface area contributed by atoms with E-state index in [1.165, 1.54) is 12.1 Å². The predicted octanol–water partition coefficient (Wildman–Crippen LogP) is 4.47. The lowest BCUT2D eigenvalue weighted by molar-refractivity contribution is 0.0713. The maximum atomic E-state index is 14.6. The number of benzene rings is 2. The van der Waals surface area contributed by atoms with Crippen LogP contribution in [0.2, 0.25) is 0 Å². The van der Waals surface area contributed by atoms with Gasteiger partial charge in [-0.05, 0) is 48.1 Å². The number of carbonyl (C=O) groups is 1. The van der Waals surface area contributed by atoms with Gasteiger partial charge in [-0.2, -0.15) is 0 Å². The van der Waals surface area contributed by atoms with Crippen molar-refractivity contribution in [1.29, 1.82) is 0 Å². The molecule has 172 valence electrons. The van der Waals surface area contributed by atoms with Gasteiger partial charge >= 0.3 is 0 Å². The van der Waals surface area contributed by atoms with Crippen LogP contribution in [0.5, 0.6) is 0 Å². The Morgan fingerprint density at radius 2 is 1.91 bits per heavy atom. The second kappa shape index (κ2) is 10.4. The first-order valence-corrected chi connectivity index (χ1v) is 10.6. The number of methoxy groups -OCH3 is 1. The molecular weight excluding hydrogens is 436 g/mol. The Balaban J connectivity index is 0.00000289. The number of nitrogens with zero attached hydrogens (tertiary/aromatic N) is 2. The lowest BCUT2D eigenvalue weighted by Gasteiger charge is -2.32. The fourth-order valence-corrected chi connectivity index (χ4v) is 4.44. The minimum Gasteiger partial charge on any atom is -0.383 e. The molecule has 2 aromatic carbocycles. The lowest BCUT2D eigenvalue weighted by Crippen LogP contribution is -2.38. The normalized spacial score (nSPS) is 14.6. The molecule has 1 aliphatic rings. The highest BCUT2D eigenvalue weighted by atomic mass is 35.5. The lowest BCUT2D eigenvalue weighted by atomic mass is 9.88. The number of nitrogens with two attached hydrogens (primary N) is 1. The first kappa shape index (κ1) is 24.2. The molecule has 5 nitrogen and oxygen atoms in total. The van der Waals surface area contributed by atoms with E-state index < -0.39 is 5.82 Å². The molecule has 0 atom stereocenters. The van der Waals surface area contributed by atoms with Crippen LogP contribution in [0.15, 0.2) is 42.6 Å². The largest absolute Gasteiger partial charge is 0.383 e. The van der Waals surface area contributed by atoms with Gasteiger partial charge in [0.05, 0.1) is 17.7 Å². The number of hydrogen-bond donors (Lipinski definition) is 1. The second-order valence-corrected chi connectivity index (χ2v) is 7.99. The number of fused-ring (bicyclic) bond motifs is 1. The van der Waals surface area contributed by atoms with E-state index in [4.69, 9.17) is 10.5 Å². The zero-order valence-electron chi connectivity index (χ0n) is 18.0. The molecule has 0 aliphatic carbocycles. The molecule has 2 heterocycles. The molecule has 32 heavy (non-hydrogen) atoms. The zero-order valence-corrected chi connectivity index (χ0v) is 18.8. The van der Waals surface area contributed by atoms with E-state index >= 15 is 0 Å². The number of rotatable bonds is 6. The average molecular weight is 464 g/mol. The van der Waals surface area contributed by atoms with E-state index in [2.05, 4.69) is 0 Å². The minimum absolute atomic E-state index is 0. The fraction of sp³-hybridized carbons (Fsp3) is 0.375. The third-order valence-electron chi connectivity index (χ3n) is 6.14. The van der Waals surface area contributed by atoms with Crippen molar-refractivity contribution in [3.05, 3.63) is 70.9 Å². The molecule has 0 radical (unpaired) electrons. The van der Waals surface area contributed by atoms with Gasteiger partial charge in [0.15, 0.2) is 0 Å². The van der Waals surface area contributed by atoms with E-state index in [0.717, 1.165) is 5.56 Å². The van der Waals surface area contributed by atoms with Gasteiger partial charge in [-0.15, -0.1) is 12.4 Å². The Hall–Kier alpha value is -2.48. The maximum Gasteiger partial charge on any atom is 0.256 e. The Morgan fingerprint density at radius 1 is 1.16 bits per heavy atom. The van der Waals surface area contributed by atoms with E-state index in [0.29, 0.717) is 67.7 Å². The van der Waals surface area contributed by atoms with Crippen LogP contribution in [0.1, 0.15) is 40.2 Å². The van der Waals surface area contributed by atoms with Crippen molar-refractivity contribution in [2.75, 3.05) is 26.8 Å². The first-order chi connectivity index (χ1) is 15.0. The van der Waals surface area contributed by atoms with E-state index in [1.54, 1.807) is 30.3 Å². The molecule has 0 unspecified atom stereocenters. The fourth-order valence-electron chi connectivity index (χ4n) is 4.44. The second-order valence-electron chi connectivity index (χ2n) is 7.99. The van der Waals surface area contributed by atoms with Crippen LogP contribution in [0.3, 0.4) is 0 Å². The molecule has 2 N–H and O–H groups in total. The Morgan fingerprint density at radius 3 is 2.59 bits per heavy atom. The SMILES string of the molecule is COCCn1cc(C(=O)N2CCC(c3cc(CN)ccc3F)CC2)c2c(F)cccc21.Cl. The van der Waals surface area contributed by atoms with Gasteiger partial charge in [0.2, 0.25) is 0 Å². The van der Waals surface area contributed by atoms with E-state index in [9.17, 15) is 13.6 Å². The smallest absolute Gasteiger partial charge is 0.256 e. The molecule has 8 heteroatoms. The zero-order chi connectivity index (χ0) is 22.0. The summed E-state index contributed by atoms with van der Waals surface area (Å²) in [6, 6.07) is 9.82. The van der Waals surface area contributed by atoms with Crippen LogP contribution in [-0.4, -0.2) is 42.2 Å². The summed E-state index contributed by atoms with van der Waals surface area (Å²) in [5.74, 6) is -0.797. The van der Waals surface area contributed by atoms with Gasteiger partial charge in [-0.1, -0.05) is 18.2 Å². The van der Waals surface area contributed by atoms with Gasteiger partial charge in [0, 0.05) is 44.9 Å². The molecule has 0 bridgehead atoms. The van der Waals surface area contributed by atoms with Crippen molar-refractivity contribution in [2.24, 2.45) is 5.73 Å². The highest BCUT2D eigenvalue weighted by molar-refractivity contribution is 6.07. The molecule has 0 spiro atoms. The molecule has 1 aliphatic heterocycles. The highest BCUT2D eigenvalue weighted by Crippen LogP contribution is 2.32. The van der Waals surface area contributed by atoms with Crippen molar-refractivity contribution >= 4 is 29.2 Å². The molecular formula is C24H28ClF2N3O2. The molecule has 0 saturated carbocycles. The summed E-state index contributed by atoms with van der Waals surface area (Å²) in [6.45, 7) is 2.35. The van der Waals surface area contributed by atoms with Crippen LogP contribution in [-0.2, 0) is 17.8 Å². The molecule has 3 aromatic rings. The summed E-state index contributed by atoms with van der Waals surface area (Å²) in [6.07, 6.45) is 3.02. The topological polar surface area (TPSA) is 60.5 Å². The van der Waals surface area contributed by atoms with Gasteiger partial charge in [-0.3, -0.25) is 4.79 Å². The number of aromatic nitrogens is 1. The van der Waals surface area contributed by atoms with Crippen LogP contribution in [0.4, 0.5) is 8.78 Å². The monoisotopic (exact) mass is 463 g/mol. The van der Waals surface area contributed by atoms with Gasteiger partial charge in [-0.25, -0.2) is 8.78 Å². The minimum atomic E-state index is -0.410. The van der Waals surface area contributed by atoms with E-state index in [-0.39, 0.29) is 30.0 Å². The molecule has 4 rings (SSSR count). The quantitative estimate of drug-likeness (QED) is 0.587. The van der Waals surface area contributed by atoms with Gasteiger partial charge < -0.3 is 19.9 Å². The highest BCUT2D eigenvalue weighted by Gasteiger charge is 2.28. The summed E-state index contributed by atoms with van der Waals surface area (Å²) in [7, 11) is 1.61. The number of halogens is 3. The van der Waals surface area contributed by atoms with E-state index in [1.807, 2.05) is 16.7 Å². The van der Waals surface area contributed by atoms with Crippen LogP contribution in [0.25, 0.3) is 10.9 Å². The number of ether oxygens (including phenoxy) is 1. The summed E-state index contributed by atoms with van der Waals surface area (Å²) in [4.78, 5) is 15.0. The first-order valence-electron chi connectivity index (χ1n) is 10.6. The number of carbonyl (C=O) groups excluding carboxylic acids is 1. The Bertz CT molecular complexity index is 1090. The molecule has 1 aromatic heterocycles. The molecule has 1 amide bonds. The summed E-state index contributed by atoms with van der Waals surface area (Å²) >= 11 is 0. The number of hydrogen-bond acceptors (Lipinski definition) is 3. The van der Waals surface area contributed by atoms with Crippen molar-refractivity contribution in [1.82, 2.24) is 9.47 Å². The van der Waals surface area contributed by atoms with Crippen molar-refractivity contribution in [3.8, 4) is 0 Å². The summed E-state index contributed by atoms with van der Waals surface area (Å²) in [5, 5.41) is 0.340. The standard InChI is InChI=1S/C24H27F2N3O2.ClH/c1-31-12-11-29-15-19(23-21(26)3-2-4-22(23)29)24(30)28-9-7-17(8-10-28)18-13-16(14-27)5-6-20(18)25;/h2-6,13,15,17H,7-12,14,27H2,1H3;1H. The van der Waals surface area contributed by atoms with Gasteiger partial charge in [0.1, 0.15) is 11.6 Å². The maximum absolute atomic E-state index is 14.6. The predicted molar refractivity (Wildman–Crippen MR) is 123 cm³/mol. The van der Waals surface area contributed by atoms with Crippen LogP contribution in [0, 0.1) is 11.6 Å². The van der Waals surface area contributed by atoms with Crippen LogP contribution < -0.4 is 5.73 Å². The summed E-state index contributed by atoms with van der Waals surface area (Å²) < 4.78 is 36.0. The van der Waals surface area contributed by atoms with Gasteiger partial charge in [0.25, 0.3) is 5.91 Å². The Kier molecular flexibility index (Phi) is 7.87. The third kappa shape index (κ3) is 4.65. The Labute approximate surface area is 192 Å².